The van der Waals surface area contributed by atoms with Crippen LogP contribution in [0.1, 0.15) is 70.9 Å². The van der Waals surface area contributed by atoms with Crippen molar-refractivity contribution in [3.63, 3.8) is 0 Å². The zero-order valence-corrected chi connectivity index (χ0v) is 30.4. The molecule has 12 nitrogen and oxygen atoms in total. The number of nitrogens with zero attached hydrogens (tertiary/aromatic N) is 2. The third kappa shape index (κ3) is 7.50. The Morgan fingerprint density at radius 1 is 1.08 bits per heavy atom. The van der Waals surface area contributed by atoms with Crippen LogP contribution in [0.25, 0.3) is 0 Å². The maximum Gasteiger partial charge on any atom is 0.410 e. The van der Waals surface area contributed by atoms with E-state index in [1.165, 1.54) is 15.9 Å². The molecule has 2 heterocycles. The summed E-state index contributed by atoms with van der Waals surface area (Å²) in [4.78, 5) is 58.2. The fourth-order valence-electron chi connectivity index (χ4n) is 6.96. The number of anilines is 1. The van der Waals surface area contributed by atoms with Gasteiger partial charge in [0.05, 0.1) is 18.3 Å². The van der Waals surface area contributed by atoms with Gasteiger partial charge in [0.15, 0.2) is 11.6 Å². The van der Waals surface area contributed by atoms with E-state index < -0.39 is 79.9 Å². The molecule has 276 valence electrons. The van der Waals surface area contributed by atoms with E-state index in [9.17, 15) is 36.4 Å². The molecule has 0 radical (unpaired) electrons. The number of carbonyl (C=O) groups is 4. The molecule has 2 aliphatic heterocycles. The molecule has 2 aliphatic carbocycles. The first-order chi connectivity index (χ1) is 23.9. The molecule has 5 atom stereocenters. The van der Waals surface area contributed by atoms with E-state index in [0.717, 1.165) is 23.3 Å². The first-order valence-corrected chi connectivity index (χ1v) is 19.0. The minimum absolute atomic E-state index is 0.109. The Labute approximate surface area is 300 Å². The number of amides is 4. The van der Waals surface area contributed by atoms with Gasteiger partial charge in [-0.15, -0.1) is 0 Å². The molecule has 2 saturated carbocycles. The highest BCUT2D eigenvalue weighted by molar-refractivity contribution is 7.91. The van der Waals surface area contributed by atoms with E-state index in [2.05, 4.69) is 15.4 Å². The fraction of sp³-hybridized carbons (Fsp3) is 0.543. The predicted octanol–water partition coefficient (Wildman–Crippen LogP) is 4.46. The summed E-state index contributed by atoms with van der Waals surface area (Å²) in [5.74, 6) is -4.62. The quantitative estimate of drug-likeness (QED) is 0.322. The Balaban J connectivity index is 1.25. The smallest absolute Gasteiger partial charge is 0.410 e. The van der Waals surface area contributed by atoms with Crippen LogP contribution in [0, 0.1) is 23.0 Å². The Morgan fingerprint density at radius 2 is 1.80 bits per heavy atom. The molecule has 3 fully saturated rings. The molecule has 1 unspecified atom stereocenters. The first kappa shape index (κ1) is 36.8. The lowest BCUT2D eigenvalue weighted by molar-refractivity contribution is -0.141. The lowest BCUT2D eigenvalue weighted by Gasteiger charge is -2.36. The van der Waals surface area contributed by atoms with Crippen molar-refractivity contribution in [3.05, 3.63) is 64.2 Å². The van der Waals surface area contributed by atoms with Gasteiger partial charge in [-0.25, -0.2) is 22.0 Å². The number of hydrogen-bond acceptors (Lipinski definition) is 8. The zero-order valence-electron chi connectivity index (χ0n) is 28.8. The van der Waals surface area contributed by atoms with Gasteiger partial charge < -0.3 is 20.3 Å². The van der Waals surface area contributed by atoms with Gasteiger partial charge in [-0.2, -0.15) is 0 Å². The summed E-state index contributed by atoms with van der Waals surface area (Å²) in [6, 6.07) is 6.25. The number of ether oxygens (including phenoxy) is 1. The number of fused-ring (bicyclic) bond motifs is 1. The highest BCUT2D eigenvalue weighted by atomic mass is 35.5. The number of benzene rings is 2. The molecule has 1 saturated heterocycles. The second-order valence-corrected chi connectivity index (χ2v) is 17.4. The third-order valence-electron chi connectivity index (χ3n) is 10.2. The van der Waals surface area contributed by atoms with Crippen molar-refractivity contribution < 1.29 is 41.1 Å². The van der Waals surface area contributed by atoms with Gasteiger partial charge in [0.25, 0.3) is 5.91 Å². The molecule has 51 heavy (non-hydrogen) atoms. The van der Waals surface area contributed by atoms with Crippen molar-refractivity contribution in [2.24, 2.45) is 11.3 Å². The summed E-state index contributed by atoms with van der Waals surface area (Å²) in [5, 5.41) is 5.64. The SMILES string of the molecule is CC[C@@H]1CC1(NC(=O)[C@@H]1C[C@@H](OC(=O)N2Cc3cccc(Cl)c3C2)CN1C(=O)[C@@H](Nc1ccc(F)c(F)c1)C(C)(C)C)C(=O)NS(=O)(=O)C1CC1. The van der Waals surface area contributed by atoms with E-state index in [4.69, 9.17) is 16.3 Å². The molecule has 2 aromatic rings. The monoisotopic (exact) mass is 749 g/mol. The van der Waals surface area contributed by atoms with Crippen LogP contribution in [-0.2, 0) is 42.2 Å². The van der Waals surface area contributed by atoms with Gasteiger partial charge >= 0.3 is 6.09 Å². The van der Waals surface area contributed by atoms with Crippen LogP contribution in [0.3, 0.4) is 0 Å². The average Bonchev–Trinajstić information content (AvgIpc) is 3.95. The topological polar surface area (TPSA) is 154 Å². The van der Waals surface area contributed by atoms with Crippen LogP contribution in [0.5, 0.6) is 0 Å². The minimum atomic E-state index is -3.90. The van der Waals surface area contributed by atoms with Crippen molar-refractivity contribution in [2.45, 2.75) is 102 Å². The number of likely N-dealkylation sites (tertiary alicyclic amines) is 1. The van der Waals surface area contributed by atoms with E-state index in [1.54, 1.807) is 32.9 Å². The van der Waals surface area contributed by atoms with Crippen LogP contribution in [0.2, 0.25) is 5.02 Å². The first-order valence-electron chi connectivity index (χ1n) is 17.1. The van der Waals surface area contributed by atoms with Crippen LogP contribution in [0.4, 0.5) is 19.3 Å². The molecule has 0 bridgehead atoms. The molecule has 0 spiro atoms. The van der Waals surface area contributed by atoms with Crippen LogP contribution >= 0.6 is 11.6 Å². The van der Waals surface area contributed by atoms with Crippen molar-refractivity contribution in [1.82, 2.24) is 19.8 Å². The van der Waals surface area contributed by atoms with Gasteiger partial charge in [-0.3, -0.25) is 24.0 Å². The minimum Gasteiger partial charge on any atom is -0.444 e. The molecular formula is C35H42ClF2N5O7S. The second kappa shape index (κ2) is 13.5. The van der Waals surface area contributed by atoms with Gasteiger partial charge in [0.2, 0.25) is 21.8 Å². The highest BCUT2D eigenvalue weighted by Gasteiger charge is 2.62. The van der Waals surface area contributed by atoms with Crippen molar-refractivity contribution in [1.29, 1.82) is 0 Å². The van der Waals surface area contributed by atoms with E-state index in [1.807, 2.05) is 13.0 Å². The number of hydrogen-bond donors (Lipinski definition) is 3. The van der Waals surface area contributed by atoms with E-state index in [0.29, 0.717) is 24.3 Å². The van der Waals surface area contributed by atoms with Gasteiger partial charge in [0.1, 0.15) is 23.7 Å². The molecule has 2 aromatic carbocycles. The summed E-state index contributed by atoms with van der Waals surface area (Å²) >= 11 is 6.34. The van der Waals surface area contributed by atoms with Gasteiger partial charge in [-0.05, 0) is 59.9 Å². The predicted molar refractivity (Wildman–Crippen MR) is 184 cm³/mol. The number of sulfonamides is 1. The Bertz CT molecular complexity index is 1870. The summed E-state index contributed by atoms with van der Waals surface area (Å²) < 4.78 is 61.2. The molecular weight excluding hydrogens is 708 g/mol. The van der Waals surface area contributed by atoms with Crippen LogP contribution < -0.4 is 15.4 Å². The van der Waals surface area contributed by atoms with Crippen LogP contribution in [0.15, 0.2) is 36.4 Å². The maximum atomic E-state index is 14.4. The van der Waals surface area contributed by atoms with Crippen LogP contribution in [-0.4, -0.2) is 77.6 Å². The fourth-order valence-corrected chi connectivity index (χ4v) is 8.58. The zero-order chi connectivity index (χ0) is 37.0. The Kier molecular flexibility index (Phi) is 9.76. The molecule has 6 rings (SSSR count). The van der Waals surface area contributed by atoms with E-state index in [-0.39, 0.29) is 44.1 Å². The lowest BCUT2D eigenvalue weighted by Crippen LogP contribution is -2.58. The maximum absolute atomic E-state index is 14.4. The Hall–Kier alpha value is -3.98. The lowest BCUT2D eigenvalue weighted by atomic mass is 9.85. The van der Waals surface area contributed by atoms with Crippen molar-refractivity contribution >= 4 is 51.1 Å². The second-order valence-electron chi connectivity index (χ2n) is 15.0. The summed E-state index contributed by atoms with van der Waals surface area (Å²) in [5.41, 5.74) is -0.506. The number of halogens is 3. The van der Waals surface area contributed by atoms with Gasteiger partial charge in [-0.1, -0.05) is 57.8 Å². The molecule has 0 aromatic heterocycles. The normalized spacial score (nSPS) is 24.8. The molecule has 3 N–H and O–H groups in total. The van der Waals surface area contributed by atoms with E-state index >= 15 is 0 Å². The summed E-state index contributed by atoms with van der Waals surface area (Å²) in [7, 11) is -3.90. The summed E-state index contributed by atoms with van der Waals surface area (Å²) in [6.07, 6.45) is -0.117. The Morgan fingerprint density at radius 3 is 2.41 bits per heavy atom. The largest absolute Gasteiger partial charge is 0.444 e. The highest BCUT2D eigenvalue weighted by Crippen LogP contribution is 2.47. The number of nitrogens with one attached hydrogen (secondary N) is 3. The molecule has 4 amide bonds. The summed E-state index contributed by atoms with van der Waals surface area (Å²) in [6.45, 7) is 7.41. The average molecular weight is 750 g/mol. The van der Waals surface area contributed by atoms with Gasteiger partial charge in [0, 0.05) is 29.7 Å². The third-order valence-corrected chi connectivity index (χ3v) is 12.4. The molecule has 4 aliphatic rings. The van der Waals surface area contributed by atoms with Crippen molar-refractivity contribution in [2.75, 3.05) is 11.9 Å². The number of rotatable bonds is 10. The number of carbonyl (C=O) groups excluding carboxylic acids is 4. The standard InChI is InChI=1S/C35H42ClF2N5O7S/c1-5-20-15-35(20,32(46)41-51(48,49)23-10-11-23)40-30(44)28-14-22(50-33(47)42-16-19-7-6-8-25(36)24(19)18-42)17-43(28)31(45)29(34(2,3)4)39-21-9-12-26(37)27(38)13-21/h6-9,12-13,20,22-23,28-29,39H,5,10-11,14-18H2,1-4H3,(H,40,44)(H,41,46)/t20-,22-,28+,29-,35?/m1/s1. The van der Waals surface area contributed by atoms with Crippen molar-refractivity contribution in [3.8, 4) is 0 Å². The molecule has 16 heteroatoms.